The van der Waals surface area contributed by atoms with Gasteiger partial charge in [-0.2, -0.15) is 0 Å². The molecule has 0 aliphatic carbocycles. The molecule has 1 atom stereocenters. The lowest BCUT2D eigenvalue weighted by molar-refractivity contribution is -0.130. The number of amides is 1. The lowest BCUT2D eigenvalue weighted by Crippen LogP contribution is -2.46. The van der Waals surface area contributed by atoms with Crippen LogP contribution < -0.4 is 5.32 Å². The summed E-state index contributed by atoms with van der Waals surface area (Å²) < 4.78 is 11.3. The number of carbonyl (C=O) groups is 1. The first kappa shape index (κ1) is 16.6. The van der Waals surface area contributed by atoms with Crippen molar-refractivity contribution in [2.24, 2.45) is 0 Å². The average Bonchev–Trinajstić information content (AvgIpc) is 2.40. The van der Waals surface area contributed by atoms with Gasteiger partial charge in [0.05, 0.1) is 6.54 Å². The van der Waals surface area contributed by atoms with Gasteiger partial charge >= 0.3 is 0 Å². The summed E-state index contributed by atoms with van der Waals surface area (Å²) in [5.41, 5.74) is 0. The van der Waals surface area contributed by atoms with Crippen LogP contribution in [0.1, 0.15) is 19.8 Å². The van der Waals surface area contributed by atoms with E-state index in [1.165, 1.54) is 0 Å². The van der Waals surface area contributed by atoms with E-state index >= 15 is 0 Å². The molecule has 1 heterocycles. The van der Waals surface area contributed by atoms with Gasteiger partial charge in [0.2, 0.25) is 5.91 Å². The molecule has 1 fully saturated rings. The topological polar surface area (TPSA) is 52.7 Å². The fraction of sp³-hybridized carbons (Fsp3) is 0.923. The van der Waals surface area contributed by atoms with E-state index in [1.807, 2.05) is 6.92 Å². The fourth-order valence-electron chi connectivity index (χ4n) is 2.15. The van der Waals surface area contributed by atoms with Crippen LogP contribution in [-0.2, 0) is 15.6 Å². The monoisotopic (exact) mass is 289 g/mol. The summed E-state index contributed by atoms with van der Waals surface area (Å²) in [5, 5.41) is 3.47. The standard InChI is InChI=1S/C13H27N3O2S/c1-4-19(18)10-7-14-12-5-8-16(9-6-12)11-13(17)15(2)3/h12,14H,4-11H2,1-3H3. The highest BCUT2D eigenvalue weighted by atomic mass is 32.2. The van der Waals surface area contributed by atoms with Gasteiger partial charge in [0.1, 0.15) is 0 Å². The highest BCUT2D eigenvalue weighted by molar-refractivity contribution is 7.84. The summed E-state index contributed by atoms with van der Waals surface area (Å²) >= 11 is 0. The Morgan fingerprint density at radius 2 is 2.00 bits per heavy atom. The van der Waals surface area contributed by atoms with E-state index in [9.17, 15) is 9.00 Å². The van der Waals surface area contributed by atoms with Crippen LogP contribution in [0.5, 0.6) is 0 Å². The van der Waals surface area contributed by atoms with E-state index in [-0.39, 0.29) is 5.91 Å². The molecule has 1 unspecified atom stereocenters. The smallest absolute Gasteiger partial charge is 0.236 e. The summed E-state index contributed by atoms with van der Waals surface area (Å²) in [6, 6.07) is 0.513. The van der Waals surface area contributed by atoms with Gasteiger partial charge in [-0.3, -0.25) is 13.9 Å². The molecule has 1 N–H and O–H groups in total. The Morgan fingerprint density at radius 3 is 2.53 bits per heavy atom. The number of nitrogens with one attached hydrogen (secondary N) is 1. The normalized spacial score (nSPS) is 19.3. The zero-order chi connectivity index (χ0) is 14.3. The average molecular weight is 289 g/mol. The van der Waals surface area contributed by atoms with E-state index in [1.54, 1.807) is 19.0 Å². The number of piperidine rings is 1. The maximum Gasteiger partial charge on any atom is 0.236 e. The Balaban J connectivity index is 2.15. The summed E-state index contributed by atoms with van der Waals surface area (Å²) in [4.78, 5) is 15.5. The number of likely N-dealkylation sites (tertiary alicyclic amines) is 1. The molecule has 0 aromatic heterocycles. The van der Waals surface area contributed by atoms with E-state index in [2.05, 4.69) is 10.2 Å². The van der Waals surface area contributed by atoms with Gasteiger partial charge in [0.25, 0.3) is 0 Å². The molecular weight excluding hydrogens is 262 g/mol. The highest BCUT2D eigenvalue weighted by Crippen LogP contribution is 2.10. The number of nitrogens with zero attached hydrogens (tertiary/aromatic N) is 2. The first-order valence-corrected chi connectivity index (χ1v) is 8.52. The second-order valence-corrected chi connectivity index (χ2v) is 7.09. The molecule has 5 nitrogen and oxygen atoms in total. The van der Waals surface area contributed by atoms with Crippen LogP contribution in [0.15, 0.2) is 0 Å². The lowest BCUT2D eigenvalue weighted by atomic mass is 10.1. The van der Waals surface area contributed by atoms with Crippen molar-refractivity contribution in [2.75, 3.05) is 51.8 Å². The minimum absolute atomic E-state index is 0.171. The third-order valence-corrected chi connectivity index (χ3v) is 4.83. The molecule has 1 amide bonds. The van der Waals surface area contributed by atoms with Crippen molar-refractivity contribution >= 4 is 16.7 Å². The van der Waals surface area contributed by atoms with Crippen molar-refractivity contribution < 1.29 is 9.00 Å². The van der Waals surface area contributed by atoms with Gasteiger partial charge in [-0.05, 0) is 12.8 Å². The zero-order valence-electron chi connectivity index (χ0n) is 12.4. The van der Waals surface area contributed by atoms with E-state index in [0.29, 0.717) is 12.6 Å². The first-order chi connectivity index (χ1) is 9.02. The van der Waals surface area contributed by atoms with Crippen LogP contribution >= 0.6 is 0 Å². The zero-order valence-corrected chi connectivity index (χ0v) is 13.2. The van der Waals surface area contributed by atoms with Gasteiger partial charge in [-0.1, -0.05) is 6.92 Å². The van der Waals surface area contributed by atoms with Gasteiger partial charge < -0.3 is 10.2 Å². The molecule has 1 aliphatic heterocycles. The van der Waals surface area contributed by atoms with Gasteiger partial charge in [-0.25, -0.2) is 0 Å². The van der Waals surface area contributed by atoms with Crippen LogP contribution in [0.25, 0.3) is 0 Å². The van der Waals surface area contributed by atoms with Gasteiger partial charge in [0, 0.05) is 62.1 Å². The van der Waals surface area contributed by atoms with Crippen molar-refractivity contribution in [3.63, 3.8) is 0 Å². The molecule has 0 saturated carbocycles. The van der Waals surface area contributed by atoms with E-state index in [0.717, 1.165) is 44.0 Å². The second-order valence-electron chi connectivity index (χ2n) is 5.23. The third kappa shape index (κ3) is 6.49. The predicted molar refractivity (Wildman–Crippen MR) is 79.7 cm³/mol. The SMILES string of the molecule is CCS(=O)CCNC1CCN(CC(=O)N(C)C)CC1. The Kier molecular flexibility index (Phi) is 7.56. The van der Waals surface area contributed by atoms with Gasteiger partial charge in [0.15, 0.2) is 0 Å². The Hall–Kier alpha value is -0.460. The van der Waals surface area contributed by atoms with Crippen molar-refractivity contribution in [3.8, 4) is 0 Å². The van der Waals surface area contributed by atoms with Crippen LogP contribution in [0.2, 0.25) is 0 Å². The number of rotatable bonds is 7. The number of likely N-dealkylation sites (N-methyl/N-ethyl adjacent to an activating group) is 1. The molecule has 0 spiro atoms. The molecular formula is C13H27N3O2S. The quantitative estimate of drug-likeness (QED) is 0.711. The van der Waals surface area contributed by atoms with Crippen molar-refractivity contribution in [3.05, 3.63) is 0 Å². The minimum Gasteiger partial charge on any atom is -0.348 e. The summed E-state index contributed by atoms with van der Waals surface area (Å²) in [7, 11) is 2.92. The molecule has 0 radical (unpaired) electrons. The second kappa shape index (κ2) is 8.66. The van der Waals surface area contributed by atoms with Crippen molar-refractivity contribution in [1.82, 2.24) is 15.1 Å². The Morgan fingerprint density at radius 1 is 1.37 bits per heavy atom. The maximum absolute atomic E-state index is 11.6. The van der Waals surface area contributed by atoms with Crippen molar-refractivity contribution in [2.45, 2.75) is 25.8 Å². The molecule has 0 aromatic carbocycles. The van der Waals surface area contributed by atoms with Crippen LogP contribution in [-0.4, -0.2) is 77.7 Å². The van der Waals surface area contributed by atoms with Crippen LogP contribution in [0.3, 0.4) is 0 Å². The molecule has 0 bridgehead atoms. The number of hydrogen-bond acceptors (Lipinski definition) is 4. The van der Waals surface area contributed by atoms with Crippen LogP contribution in [0, 0.1) is 0 Å². The molecule has 1 aliphatic rings. The van der Waals surface area contributed by atoms with E-state index in [4.69, 9.17) is 0 Å². The first-order valence-electron chi connectivity index (χ1n) is 7.03. The molecule has 0 aromatic rings. The largest absolute Gasteiger partial charge is 0.348 e. The van der Waals surface area contributed by atoms with E-state index < -0.39 is 10.8 Å². The Bertz CT molecular complexity index is 302. The lowest BCUT2D eigenvalue weighted by Gasteiger charge is -2.32. The summed E-state index contributed by atoms with van der Waals surface area (Å²) in [6.07, 6.45) is 2.14. The minimum atomic E-state index is -0.674. The molecule has 1 rings (SSSR count). The number of hydrogen-bond donors (Lipinski definition) is 1. The Labute approximate surface area is 119 Å². The summed E-state index contributed by atoms with van der Waals surface area (Å²) in [5.74, 6) is 1.66. The van der Waals surface area contributed by atoms with Crippen LogP contribution in [0.4, 0.5) is 0 Å². The molecule has 6 heteroatoms. The van der Waals surface area contributed by atoms with Crippen molar-refractivity contribution in [1.29, 1.82) is 0 Å². The predicted octanol–water partition coefficient (Wildman–Crippen LogP) is -0.103. The molecule has 19 heavy (non-hydrogen) atoms. The number of carbonyl (C=O) groups excluding carboxylic acids is 1. The highest BCUT2D eigenvalue weighted by Gasteiger charge is 2.20. The summed E-state index contributed by atoms with van der Waals surface area (Å²) in [6.45, 7) is 5.25. The fourth-order valence-corrected chi connectivity index (χ4v) is 2.78. The molecule has 112 valence electrons. The third-order valence-electron chi connectivity index (χ3n) is 3.53. The molecule has 1 saturated heterocycles. The van der Waals surface area contributed by atoms with Gasteiger partial charge in [-0.15, -0.1) is 0 Å². The maximum atomic E-state index is 11.6.